The van der Waals surface area contributed by atoms with Gasteiger partial charge in [0.05, 0.1) is 5.56 Å². The van der Waals surface area contributed by atoms with Crippen molar-refractivity contribution in [1.82, 2.24) is 15.2 Å². The van der Waals surface area contributed by atoms with Crippen molar-refractivity contribution in [3.05, 3.63) is 58.8 Å². The van der Waals surface area contributed by atoms with Gasteiger partial charge in [-0.2, -0.15) is 0 Å². The molecule has 2 heterocycles. The second kappa shape index (κ2) is 9.74. The first kappa shape index (κ1) is 21.8. The average molecular weight is 409 g/mol. The van der Waals surface area contributed by atoms with E-state index in [9.17, 15) is 9.59 Å². The number of pyridine rings is 1. The maximum absolute atomic E-state index is 12.9. The number of nitrogens with zero attached hydrogens (tertiary/aromatic N) is 3. The first-order valence-electron chi connectivity index (χ1n) is 10.7. The summed E-state index contributed by atoms with van der Waals surface area (Å²) in [7, 11) is 0. The van der Waals surface area contributed by atoms with Crippen LogP contribution in [-0.2, 0) is 0 Å². The minimum Gasteiger partial charge on any atom is -0.353 e. The molecule has 1 aromatic carbocycles. The Bertz CT molecular complexity index is 887. The van der Waals surface area contributed by atoms with Gasteiger partial charge < -0.3 is 15.1 Å². The van der Waals surface area contributed by atoms with Crippen LogP contribution in [0.2, 0.25) is 0 Å². The molecule has 1 aromatic heterocycles. The highest BCUT2D eigenvalue weighted by molar-refractivity contribution is 5.96. The summed E-state index contributed by atoms with van der Waals surface area (Å²) in [5.41, 5.74) is 3.54. The normalized spacial score (nSPS) is 15.1. The van der Waals surface area contributed by atoms with Gasteiger partial charge in [0, 0.05) is 44.5 Å². The average Bonchev–Trinajstić information content (AvgIpc) is 2.77. The van der Waals surface area contributed by atoms with Gasteiger partial charge in [-0.15, -0.1) is 0 Å². The molecule has 1 unspecified atom stereocenters. The molecular weight excluding hydrogens is 376 g/mol. The van der Waals surface area contributed by atoms with Crippen molar-refractivity contribution >= 4 is 17.6 Å². The number of hydrogen-bond acceptors (Lipinski definition) is 4. The van der Waals surface area contributed by atoms with Crippen LogP contribution >= 0.6 is 0 Å². The second-order valence-corrected chi connectivity index (χ2v) is 8.23. The molecule has 30 heavy (non-hydrogen) atoms. The van der Waals surface area contributed by atoms with E-state index in [4.69, 9.17) is 0 Å². The van der Waals surface area contributed by atoms with Crippen LogP contribution in [0.5, 0.6) is 0 Å². The van der Waals surface area contributed by atoms with Crippen LogP contribution in [0.1, 0.15) is 52.1 Å². The Kier molecular flexibility index (Phi) is 7.08. The maximum atomic E-state index is 12.9. The Hall–Kier alpha value is -2.89. The van der Waals surface area contributed by atoms with Crippen molar-refractivity contribution in [3.63, 3.8) is 0 Å². The van der Waals surface area contributed by atoms with Crippen LogP contribution in [0.4, 0.5) is 5.82 Å². The van der Waals surface area contributed by atoms with Crippen molar-refractivity contribution in [3.8, 4) is 0 Å². The lowest BCUT2D eigenvalue weighted by Crippen LogP contribution is -2.49. The van der Waals surface area contributed by atoms with E-state index < -0.39 is 0 Å². The molecule has 1 atom stereocenters. The van der Waals surface area contributed by atoms with Gasteiger partial charge in [0.15, 0.2) is 0 Å². The van der Waals surface area contributed by atoms with Gasteiger partial charge in [0.25, 0.3) is 11.8 Å². The van der Waals surface area contributed by atoms with Gasteiger partial charge in [-0.1, -0.05) is 38.0 Å². The van der Waals surface area contributed by atoms with Crippen LogP contribution in [0.3, 0.4) is 0 Å². The van der Waals surface area contributed by atoms with Crippen LogP contribution in [-0.4, -0.2) is 54.4 Å². The van der Waals surface area contributed by atoms with E-state index >= 15 is 0 Å². The number of carbonyl (C=O) groups excluding carboxylic acids is 2. The number of piperazine rings is 1. The quantitative estimate of drug-likeness (QED) is 0.795. The van der Waals surface area contributed by atoms with E-state index in [2.05, 4.69) is 29.0 Å². The minimum atomic E-state index is -0.0850. The lowest BCUT2D eigenvalue weighted by atomic mass is 10.0. The lowest BCUT2D eigenvalue weighted by Gasteiger charge is -2.35. The molecule has 0 radical (unpaired) electrons. The molecule has 1 N–H and O–H groups in total. The second-order valence-electron chi connectivity index (χ2n) is 8.23. The summed E-state index contributed by atoms with van der Waals surface area (Å²) < 4.78 is 0. The van der Waals surface area contributed by atoms with Crippen molar-refractivity contribution in [2.45, 2.75) is 34.1 Å². The highest BCUT2D eigenvalue weighted by Crippen LogP contribution is 2.18. The standard InChI is InChI=1S/C24H32N4O2/c1-5-17(2)15-26-23(29)20-7-9-22(25-16-20)27-10-12-28(13-11-27)24(30)21-8-6-18(3)14-19(21)4/h6-9,14,16-17H,5,10-13,15H2,1-4H3,(H,26,29). The topological polar surface area (TPSA) is 65.5 Å². The summed E-state index contributed by atoms with van der Waals surface area (Å²) >= 11 is 0. The third kappa shape index (κ3) is 5.17. The molecule has 6 heteroatoms. The summed E-state index contributed by atoms with van der Waals surface area (Å²) in [5.74, 6) is 1.31. The molecular formula is C24H32N4O2. The molecule has 160 valence electrons. The van der Waals surface area contributed by atoms with Crippen LogP contribution < -0.4 is 10.2 Å². The first-order valence-corrected chi connectivity index (χ1v) is 10.7. The first-order chi connectivity index (χ1) is 14.4. The van der Waals surface area contributed by atoms with Gasteiger partial charge in [0.1, 0.15) is 5.82 Å². The summed E-state index contributed by atoms with van der Waals surface area (Å²) in [4.78, 5) is 33.7. The van der Waals surface area contributed by atoms with Gasteiger partial charge in [0.2, 0.25) is 0 Å². The number of anilines is 1. The summed E-state index contributed by atoms with van der Waals surface area (Å²) in [6, 6.07) is 9.67. The zero-order valence-corrected chi connectivity index (χ0v) is 18.4. The number of aryl methyl sites for hydroxylation is 2. The Balaban J connectivity index is 1.56. The highest BCUT2D eigenvalue weighted by atomic mass is 16.2. The minimum absolute atomic E-state index is 0.0850. The predicted octanol–water partition coefficient (Wildman–Crippen LogP) is 3.44. The molecule has 6 nitrogen and oxygen atoms in total. The SMILES string of the molecule is CCC(C)CNC(=O)c1ccc(N2CCN(C(=O)c3ccc(C)cc3C)CC2)nc1. The molecule has 2 amide bonds. The molecule has 1 aliphatic heterocycles. The third-order valence-electron chi connectivity index (χ3n) is 5.82. The number of amides is 2. The number of aromatic nitrogens is 1. The van der Waals surface area contributed by atoms with Crippen LogP contribution in [0.25, 0.3) is 0 Å². The van der Waals surface area contributed by atoms with Gasteiger partial charge >= 0.3 is 0 Å². The monoisotopic (exact) mass is 408 g/mol. The molecule has 2 aromatic rings. The third-order valence-corrected chi connectivity index (χ3v) is 5.82. The molecule has 0 bridgehead atoms. The van der Waals surface area contributed by atoms with Gasteiger partial charge in [-0.3, -0.25) is 9.59 Å². The fraction of sp³-hybridized carbons (Fsp3) is 0.458. The number of nitrogens with one attached hydrogen (secondary N) is 1. The van der Waals surface area contributed by atoms with Crippen LogP contribution in [0.15, 0.2) is 36.5 Å². The Labute approximate surface area is 179 Å². The number of rotatable bonds is 6. The maximum Gasteiger partial charge on any atom is 0.254 e. The summed E-state index contributed by atoms with van der Waals surface area (Å²) in [5, 5.41) is 2.95. The molecule has 3 rings (SSSR count). The molecule has 1 aliphatic rings. The van der Waals surface area contributed by atoms with E-state index in [1.165, 1.54) is 0 Å². The van der Waals surface area contributed by atoms with Crippen LogP contribution in [0, 0.1) is 19.8 Å². The van der Waals surface area contributed by atoms with E-state index in [1.807, 2.05) is 49.1 Å². The number of carbonyl (C=O) groups is 2. The number of benzene rings is 1. The molecule has 0 aliphatic carbocycles. The van der Waals surface area contributed by atoms with Crippen molar-refractivity contribution in [1.29, 1.82) is 0 Å². The van der Waals surface area contributed by atoms with Crippen molar-refractivity contribution in [2.75, 3.05) is 37.6 Å². The van der Waals surface area contributed by atoms with Gasteiger partial charge in [-0.25, -0.2) is 4.98 Å². The van der Waals surface area contributed by atoms with E-state index in [0.717, 1.165) is 42.0 Å². The van der Waals surface area contributed by atoms with E-state index in [0.29, 0.717) is 31.1 Å². The van der Waals surface area contributed by atoms with Crippen molar-refractivity contribution in [2.24, 2.45) is 5.92 Å². The smallest absolute Gasteiger partial charge is 0.254 e. The van der Waals surface area contributed by atoms with Gasteiger partial charge in [-0.05, 0) is 43.5 Å². The Morgan fingerprint density at radius 3 is 2.43 bits per heavy atom. The number of hydrogen-bond donors (Lipinski definition) is 1. The van der Waals surface area contributed by atoms with Crippen molar-refractivity contribution < 1.29 is 9.59 Å². The molecule has 0 saturated carbocycles. The lowest BCUT2D eigenvalue weighted by molar-refractivity contribution is 0.0745. The molecule has 1 fully saturated rings. The largest absolute Gasteiger partial charge is 0.353 e. The van der Waals surface area contributed by atoms with E-state index in [1.54, 1.807) is 6.20 Å². The Morgan fingerprint density at radius 1 is 1.10 bits per heavy atom. The zero-order valence-electron chi connectivity index (χ0n) is 18.4. The zero-order chi connectivity index (χ0) is 21.7. The fourth-order valence-corrected chi connectivity index (χ4v) is 3.58. The van der Waals surface area contributed by atoms with E-state index in [-0.39, 0.29) is 11.8 Å². The molecule has 0 spiro atoms. The molecule has 1 saturated heterocycles. The highest BCUT2D eigenvalue weighted by Gasteiger charge is 2.24. The summed E-state index contributed by atoms with van der Waals surface area (Å²) in [6.45, 7) is 11.7. The predicted molar refractivity (Wildman–Crippen MR) is 120 cm³/mol. The Morgan fingerprint density at radius 2 is 1.83 bits per heavy atom. The fourth-order valence-electron chi connectivity index (χ4n) is 3.58. The summed E-state index contributed by atoms with van der Waals surface area (Å²) in [6.07, 6.45) is 2.67.